The zero-order valence-electron chi connectivity index (χ0n) is 11.0. The number of aryl methyl sites for hydroxylation is 1. The molecule has 0 unspecified atom stereocenters. The fourth-order valence-corrected chi connectivity index (χ4v) is 1.73. The summed E-state index contributed by atoms with van der Waals surface area (Å²) in [6, 6.07) is 9.60. The molecule has 5 heteroatoms. The molecule has 2 aromatic rings. The minimum Gasteiger partial charge on any atom is -0.382 e. The van der Waals surface area contributed by atoms with Crippen molar-refractivity contribution in [2.45, 2.75) is 13.5 Å². The Kier molecular flexibility index (Phi) is 4.30. The van der Waals surface area contributed by atoms with Gasteiger partial charge in [-0.25, -0.2) is 4.68 Å². The molecule has 5 nitrogen and oxygen atoms in total. The normalized spacial score (nSPS) is 10.4. The van der Waals surface area contributed by atoms with Gasteiger partial charge in [0.05, 0.1) is 18.4 Å². The molecule has 0 aliphatic heterocycles. The summed E-state index contributed by atoms with van der Waals surface area (Å²) >= 11 is 0. The first-order valence-corrected chi connectivity index (χ1v) is 6.25. The van der Waals surface area contributed by atoms with E-state index in [-0.39, 0.29) is 5.56 Å². The number of benzene rings is 1. The molecule has 2 rings (SSSR count). The molecule has 100 valence electrons. The summed E-state index contributed by atoms with van der Waals surface area (Å²) in [5.74, 6) is 0. The maximum absolute atomic E-state index is 11.9. The van der Waals surface area contributed by atoms with Crippen LogP contribution in [0.5, 0.6) is 0 Å². The van der Waals surface area contributed by atoms with Crippen molar-refractivity contribution in [1.82, 2.24) is 9.78 Å². The van der Waals surface area contributed by atoms with Crippen LogP contribution in [0.1, 0.15) is 11.1 Å². The zero-order chi connectivity index (χ0) is 13.7. The van der Waals surface area contributed by atoms with E-state index in [1.165, 1.54) is 16.3 Å². The second-order valence-corrected chi connectivity index (χ2v) is 4.44. The highest BCUT2D eigenvalue weighted by molar-refractivity contribution is 5.38. The van der Waals surface area contributed by atoms with Gasteiger partial charge < -0.3 is 11.1 Å². The third kappa shape index (κ3) is 3.66. The van der Waals surface area contributed by atoms with Crippen LogP contribution in [0.15, 0.2) is 41.3 Å². The Morgan fingerprint density at radius 2 is 2.05 bits per heavy atom. The second kappa shape index (κ2) is 6.15. The lowest BCUT2D eigenvalue weighted by Crippen LogP contribution is -2.24. The summed E-state index contributed by atoms with van der Waals surface area (Å²) in [5.41, 5.74) is 8.23. The molecule has 0 radical (unpaired) electrons. The molecule has 19 heavy (non-hydrogen) atoms. The first-order chi connectivity index (χ1) is 9.19. The van der Waals surface area contributed by atoms with Crippen LogP contribution in [0.25, 0.3) is 0 Å². The van der Waals surface area contributed by atoms with Crippen molar-refractivity contribution in [3.63, 3.8) is 0 Å². The van der Waals surface area contributed by atoms with E-state index in [4.69, 9.17) is 5.73 Å². The molecule has 0 amide bonds. The van der Waals surface area contributed by atoms with E-state index in [2.05, 4.69) is 10.4 Å². The van der Waals surface area contributed by atoms with Crippen LogP contribution in [0.3, 0.4) is 0 Å². The van der Waals surface area contributed by atoms with Gasteiger partial charge in [-0.3, -0.25) is 4.79 Å². The number of nitrogens with zero attached hydrogens (tertiary/aromatic N) is 2. The van der Waals surface area contributed by atoms with Crippen molar-refractivity contribution in [2.75, 3.05) is 18.4 Å². The molecule has 0 aliphatic rings. The molecule has 1 aromatic carbocycles. The molecule has 0 atom stereocenters. The molecule has 0 spiro atoms. The highest BCUT2D eigenvalue weighted by Crippen LogP contribution is 2.04. The Balaban J connectivity index is 2.13. The van der Waals surface area contributed by atoms with Crippen LogP contribution in [-0.4, -0.2) is 22.9 Å². The summed E-state index contributed by atoms with van der Waals surface area (Å²) in [7, 11) is 0. The quantitative estimate of drug-likeness (QED) is 0.838. The third-order valence-electron chi connectivity index (χ3n) is 2.80. The van der Waals surface area contributed by atoms with Crippen LogP contribution in [0.2, 0.25) is 0 Å². The number of nitrogens with one attached hydrogen (secondary N) is 1. The Morgan fingerprint density at radius 3 is 2.68 bits per heavy atom. The van der Waals surface area contributed by atoms with E-state index in [1.807, 2.05) is 31.2 Å². The van der Waals surface area contributed by atoms with Crippen LogP contribution in [0.4, 0.5) is 5.69 Å². The fourth-order valence-electron chi connectivity index (χ4n) is 1.73. The lowest BCUT2D eigenvalue weighted by molar-refractivity contribution is 0.639. The van der Waals surface area contributed by atoms with Crippen molar-refractivity contribution in [3.05, 3.63) is 58.0 Å². The van der Waals surface area contributed by atoms with Crippen LogP contribution >= 0.6 is 0 Å². The number of nitrogens with two attached hydrogens (primary N) is 1. The molecule has 1 aromatic heterocycles. The maximum atomic E-state index is 11.9. The van der Waals surface area contributed by atoms with E-state index < -0.39 is 0 Å². The molecule has 0 aliphatic carbocycles. The number of anilines is 1. The van der Waals surface area contributed by atoms with Gasteiger partial charge >= 0.3 is 0 Å². The predicted molar refractivity (Wildman–Crippen MR) is 76.3 cm³/mol. The SMILES string of the molecule is Cc1ccc(Cn2ncc(NCCN)cc2=O)cc1. The Bertz CT molecular complexity index is 589. The van der Waals surface area contributed by atoms with E-state index in [9.17, 15) is 4.79 Å². The Labute approximate surface area is 112 Å². The van der Waals surface area contributed by atoms with Crippen LogP contribution in [0, 0.1) is 6.92 Å². The molecular weight excluding hydrogens is 240 g/mol. The largest absolute Gasteiger partial charge is 0.382 e. The first kappa shape index (κ1) is 13.3. The van der Waals surface area contributed by atoms with Crippen molar-refractivity contribution in [3.8, 4) is 0 Å². The maximum Gasteiger partial charge on any atom is 0.269 e. The van der Waals surface area contributed by atoms with Crippen molar-refractivity contribution < 1.29 is 0 Å². The molecule has 3 N–H and O–H groups in total. The predicted octanol–water partition coefficient (Wildman–Crippen LogP) is 0.971. The highest BCUT2D eigenvalue weighted by atomic mass is 16.1. The molecule has 0 bridgehead atoms. The Hall–Kier alpha value is -2.14. The Morgan fingerprint density at radius 1 is 1.32 bits per heavy atom. The number of rotatable bonds is 5. The molecule has 0 fully saturated rings. The van der Waals surface area contributed by atoms with E-state index in [1.54, 1.807) is 6.20 Å². The third-order valence-corrected chi connectivity index (χ3v) is 2.80. The van der Waals surface area contributed by atoms with Gasteiger partial charge in [0.2, 0.25) is 0 Å². The van der Waals surface area contributed by atoms with E-state index in [0.29, 0.717) is 25.3 Å². The van der Waals surface area contributed by atoms with E-state index in [0.717, 1.165) is 5.56 Å². The van der Waals surface area contributed by atoms with Gasteiger partial charge in [0.25, 0.3) is 5.56 Å². The smallest absolute Gasteiger partial charge is 0.269 e. The average molecular weight is 258 g/mol. The van der Waals surface area contributed by atoms with Crippen LogP contribution < -0.4 is 16.6 Å². The zero-order valence-corrected chi connectivity index (χ0v) is 11.0. The van der Waals surface area contributed by atoms with Crippen molar-refractivity contribution in [1.29, 1.82) is 0 Å². The van der Waals surface area contributed by atoms with E-state index >= 15 is 0 Å². The lowest BCUT2D eigenvalue weighted by Gasteiger charge is -2.07. The summed E-state index contributed by atoms with van der Waals surface area (Å²) in [6.07, 6.45) is 1.64. The molecule has 1 heterocycles. The fraction of sp³-hybridized carbons (Fsp3) is 0.286. The minimum atomic E-state index is -0.123. The van der Waals surface area contributed by atoms with Gasteiger partial charge in [0.1, 0.15) is 0 Å². The van der Waals surface area contributed by atoms with Crippen LogP contribution in [-0.2, 0) is 6.54 Å². The number of aromatic nitrogens is 2. The number of hydrogen-bond acceptors (Lipinski definition) is 4. The summed E-state index contributed by atoms with van der Waals surface area (Å²) in [5, 5.41) is 7.18. The van der Waals surface area contributed by atoms with Gasteiger partial charge in [0.15, 0.2) is 0 Å². The average Bonchev–Trinajstić information content (AvgIpc) is 2.41. The first-order valence-electron chi connectivity index (χ1n) is 6.25. The minimum absolute atomic E-state index is 0.123. The summed E-state index contributed by atoms with van der Waals surface area (Å²) in [4.78, 5) is 11.9. The van der Waals surface area contributed by atoms with Crippen molar-refractivity contribution in [2.24, 2.45) is 5.73 Å². The summed E-state index contributed by atoms with van der Waals surface area (Å²) in [6.45, 7) is 3.66. The van der Waals surface area contributed by atoms with Gasteiger partial charge in [-0.1, -0.05) is 29.8 Å². The van der Waals surface area contributed by atoms with Gasteiger partial charge in [-0.2, -0.15) is 5.10 Å². The molecular formula is C14H18N4O. The van der Waals surface area contributed by atoms with Gasteiger partial charge in [0, 0.05) is 19.2 Å². The van der Waals surface area contributed by atoms with Gasteiger partial charge in [-0.05, 0) is 12.5 Å². The monoisotopic (exact) mass is 258 g/mol. The molecule has 0 saturated carbocycles. The topological polar surface area (TPSA) is 72.9 Å². The second-order valence-electron chi connectivity index (χ2n) is 4.44. The van der Waals surface area contributed by atoms with Crippen molar-refractivity contribution >= 4 is 5.69 Å². The standard InChI is InChI=1S/C14H18N4O/c1-11-2-4-12(5-3-11)10-18-14(19)8-13(9-17-18)16-7-6-15/h2-5,8-9,16H,6-7,10,15H2,1H3. The lowest BCUT2D eigenvalue weighted by atomic mass is 10.1. The summed E-state index contributed by atoms with van der Waals surface area (Å²) < 4.78 is 1.44. The molecule has 0 saturated heterocycles. The highest BCUT2D eigenvalue weighted by Gasteiger charge is 2.01. The van der Waals surface area contributed by atoms with Gasteiger partial charge in [-0.15, -0.1) is 0 Å². The number of hydrogen-bond donors (Lipinski definition) is 2.